The fraction of sp³-hybridized carbons (Fsp3) is 0. The van der Waals surface area contributed by atoms with Gasteiger partial charge in [-0.3, -0.25) is 0 Å². The lowest BCUT2D eigenvalue weighted by atomic mass is 10.00. The number of anilines is 1. The molecule has 1 heterocycles. The minimum atomic E-state index is -0.833. The Bertz CT molecular complexity index is 814. The van der Waals surface area contributed by atoms with E-state index in [-0.39, 0.29) is 28.3 Å². The van der Waals surface area contributed by atoms with E-state index in [1.165, 1.54) is 24.3 Å². The van der Waals surface area contributed by atoms with E-state index in [0.717, 1.165) is 6.07 Å². The Morgan fingerprint density at radius 1 is 0.905 bits per heavy atom. The zero-order valence-corrected chi connectivity index (χ0v) is 10.6. The van der Waals surface area contributed by atoms with Crippen molar-refractivity contribution >= 4 is 5.88 Å². The predicted molar refractivity (Wildman–Crippen MR) is 71.7 cm³/mol. The molecule has 0 aliphatic carbocycles. The van der Waals surface area contributed by atoms with Crippen LogP contribution in [0, 0.1) is 17.5 Å². The van der Waals surface area contributed by atoms with Gasteiger partial charge in [0.05, 0.1) is 5.56 Å². The molecule has 3 rings (SSSR count). The summed E-state index contributed by atoms with van der Waals surface area (Å²) in [5.74, 6) is -2.24. The summed E-state index contributed by atoms with van der Waals surface area (Å²) in [6.07, 6.45) is 0. The molecule has 0 aliphatic rings. The van der Waals surface area contributed by atoms with Gasteiger partial charge in [-0.25, -0.2) is 13.2 Å². The second-order valence-corrected chi connectivity index (χ2v) is 4.37. The molecular formula is C15H9F3N2O. The Morgan fingerprint density at radius 3 is 2.38 bits per heavy atom. The average molecular weight is 290 g/mol. The van der Waals surface area contributed by atoms with Crippen LogP contribution in [0.15, 0.2) is 47.0 Å². The zero-order chi connectivity index (χ0) is 15.0. The van der Waals surface area contributed by atoms with Gasteiger partial charge in [-0.2, -0.15) is 0 Å². The van der Waals surface area contributed by atoms with E-state index in [1.807, 2.05) is 0 Å². The maximum absolute atomic E-state index is 13.9. The number of benzene rings is 2. The lowest BCUT2D eigenvalue weighted by Gasteiger charge is -2.05. The van der Waals surface area contributed by atoms with Gasteiger partial charge in [0, 0.05) is 17.2 Å². The maximum atomic E-state index is 13.9. The van der Waals surface area contributed by atoms with Crippen LogP contribution in [0.1, 0.15) is 0 Å². The first-order chi connectivity index (χ1) is 10.1. The second kappa shape index (κ2) is 4.97. The van der Waals surface area contributed by atoms with Gasteiger partial charge in [0.25, 0.3) is 0 Å². The second-order valence-electron chi connectivity index (χ2n) is 4.37. The number of rotatable bonds is 2. The minimum absolute atomic E-state index is 0.0184. The number of hydrogen-bond acceptors (Lipinski definition) is 3. The molecule has 3 aromatic rings. The van der Waals surface area contributed by atoms with Crippen LogP contribution in [0.3, 0.4) is 0 Å². The molecule has 0 spiro atoms. The van der Waals surface area contributed by atoms with Crippen LogP contribution in [0.25, 0.3) is 22.4 Å². The monoisotopic (exact) mass is 290 g/mol. The number of nitrogens with two attached hydrogens (primary N) is 1. The highest BCUT2D eigenvalue weighted by molar-refractivity contribution is 5.87. The van der Waals surface area contributed by atoms with Crippen LogP contribution < -0.4 is 5.73 Å². The quantitative estimate of drug-likeness (QED) is 0.776. The van der Waals surface area contributed by atoms with Gasteiger partial charge in [-0.05, 0) is 18.2 Å². The van der Waals surface area contributed by atoms with Crippen LogP contribution in [-0.2, 0) is 0 Å². The lowest BCUT2D eigenvalue weighted by molar-refractivity contribution is 0.438. The van der Waals surface area contributed by atoms with Gasteiger partial charge in [0.1, 0.15) is 23.1 Å². The summed E-state index contributed by atoms with van der Waals surface area (Å²) in [6.45, 7) is 0. The number of hydrogen-bond donors (Lipinski definition) is 1. The first kappa shape index (κ1) is 13.2. The third kappa shape index (κ3) is 2.24. The smallest absolute Gasteiger partial charge is 0.230 e. The molecule has 0 radical (unpaired) electrons. The highest BCUT2D eigenvalue weighted by atomic mass is 19.1. The highest BCUT2D eigenvalue weighted by Gasteiger charge is 2.22. The Hall–Kier alpha value is -2.76. The van der Waals surface area contributed by atoms with E-state index in [9.17, 15) is 13.2 Å². The summed E-state index contributed by atoms with van der Waals surface area (Å²) in [7, 11) is 0. The molecule has 1 aromatic heterocycles. The minimum Gasteiger partial charge on any atom is -0.367 e. The van der Waals surface area contributed by atoms with Gasteiger partial charge >= 0.3 is 0 Å². The summed E-state index contributed by atoms with van der Waals surface area (Å²) in [5.41, 5.74) is 5.94. The van der Waals surface area contributed by atoms with Crippen molar-refractivity contribution in [2.75, 3.05) is 5.73 Å². The molecule has 0 amide bonds. The molecule has 2 N–H and O–H groups in total. The van der Waals surface area contributed by atoms with Crippen molar-refractivity contribution in [1.29, 1.82) is 0 Å². The van der Waals surface area contributed by atoms with Crippen molar-refractivity contribution in [1.82, 2.24) is 5.16 Å². The molecule has 2 aromatic carbocycles. The number of aromatic nitrogens is 1. The Kier molecular flexibility index (Phi) is 3.13. The first-order valence-electron chi connectivity index (χ1n) is 6.03. The van der Waals surface area contributed by atoms with Crippen LogP contribution in [0.4, 0.5) is 19.1 Å². The van der Waals surface area contributed by atoms with Gasteiger partial charge < -0.3 is 10.3 Å². The van der Waals surface area contributed by atoms with Crippen LogP contribution in [0.5, 0.6) is 0 Å². The van der Waals surface area contributed by atoms with Crippen LogP contribution in [-0.4, -0.2) is 5.16 Å². The molecule has 106 valence electrons. The Morgan fingerprint density at radius 2 is 1.67 bits per heavy atom. The standard InChI is InChI=1S/C15H9F3N2O/c16-8-5-6-10(12(18)7-8)14-13(15(19)21-20-14)9-3-1-2-4-11(9)17/h1-7H,19H2. The molecule has 0 atom stereocenters. The van der Waals surface area contributed by atoms with E-state index >= 15 is 0 Å². The lowest BCUT2D eigenvalue weighted by Crippen LogP contribution is -1.93. The van der Waals surface area contributed by atoms with E-state index < -0.39 is 17.5 Å². The fourth-order valence-electron chi connectivity index (χ4n) is 2.09. The Balaban J connectivity index is 2.25. The van der Waals surface area contributed by atoms with Gasteiger partial charge in [0.15, 0.2) is 0 Å². The van der Waals surface area contributed by atoms with E-state index in [0.29, 0.717) is 6.07 Å². The van der Waals surface area contributed by atoms with E-state index in [4.69, 9.17) is 10.3 Å². The van der Waals surface area contributed by atoms with Crippen LogP contribution >= 0.6 is 0 Å². The normalized spacial score (nSPS) is 10.8. The first-order valence-corrected chi connectivity index (χ1v) is 6.03. The summed E-state index contributed by atoms with van der Waals surface area (Å²) in [4.78, 5) is 0. The van der Waals surface area contributed by atoms with Gasteiger partial charge in [-0.15, -0.1) is 0 Å². The molecule has 21 heavy (non-hydrogen) atoms. The fourth-order valence-corrected chi connectivity index (χ4v) is 2.09. The van der Waals surface area contributed by atoms with Gasteiger partial charge in [-0.1, -0.05) is 23.4 Å². The third-order valence-electron chi connectivity index (χ3n) is 3.05. The molecule has 0 bridgehead atoms. The predicted octanol–water partition coefficient (Wildman–Crippen LogP) is 4.01. The highest BCUT2D eigenvalue weighted by Crippen LogP contribution is 2.38. The third-order valence-corrected chi connectivity index (χ3v) is 3.05. The van der Waals surface area contributed by atoms with Crippen molar-refractivity contribution in [3.05, 3.63) is 59.9 Å². The average Bonchev–Trinajstić information content (AvgIpc) is 2.81. The molecule has 6 heteroatoms. The molecule has 0 fully saturated rings. The molecule has 3 nitrogen and oxygen atoms in total. The number of halogens is 3. The van der Waals surface area contributed by atoms with Crippen molar-refractivity contribution in [3.8, 4) is 22.4 Å². The Labute approximate surface area is 117 Å². The van der Waals surface area contributed by atoms with Gasteiger partial charge in [0.2, 0.25) is 5.88 Å². The van der Waals surface area contributed by atoms with Crippen molar-refractivity contribution in [2.45, 2.75) is 0 Å². The molecule has 0 saturated heterocycles. The largest absolute Gasteiger partial charge is 0.367 e. The maximum Gasteiger partial charge on any atom is 0.230 e. The molecule has 0 aliphatic heterocycles. The molecule has 0 saturated carbocycles. The van der Waals surface area contributed by atoms with E-state index in [2.05, 4.69) is 5.16 Å². The van der Waals surface area contributed by atoms with Crippen molar-refractivity contribution in [3.63, 3.8) is 0 Å². The number of nitrogens with zero attached hydrogens (tertiary/aromatic N) is 1. The van der Waals surface area contributed by atoms with Crippen molar-refractivity contribution in [2.24, 2.45) is 0 Å². The molecular weight excluding hydrogens is 281 g/mol. The summed E-state index contributed by atoms with van der Waals surface area (Å²) >= 11 is 0. The summed E-state index contributed by atoms with van der Waals surface area (Å²) in [6, 6.07) is 8.83. The topological polar surface area (TPSA) is 52.0 Å². The molecule has 0 unspecified atom stereocenters. The van der Waals surface area contributed by atoms with E-state index in [1.54, 1.807) is 6.07 Å². The SMILES string of the molecule is Nc1onc(-c2ccc(F)cc2F)c1-c1ccccc1F. The zero-order valence-electron chi connectivity index (χ0n) is 10.6. The summed E-state index contributed by atoms with van der Waals surface area (Å²) < 4.78 is 45.6. The summed E-state index contributed by atoms with van der Waals surface area (Å²) in [5, 5.41) is 3.66. The van der Waals surface area contributed by atoms with Crippen LogP contribution in [0.2, 0.25) is 0 Å². The van der Waals surface area contributed by atoms with Crippen molar-refractivity contribution < 1.29 is 17.7 Å². The number of nitrogen functional groups attached to an aromatic ring is 1.